The number of halogens is 4. The quantitative estimate of drug-likeness (QED) is 0.363. The van der Waals surface area contributed by atoms with Gasteiger partial charge in [-0.1, -0.05) is 30.3 Å². The average molecular weight is 542 g/mol. The van der Waals surface area contributed by atoms with Gasteiger partial charge in [-0.15, -0.1) is 0 Å². The molecule has 4 rings (SSSR count). The van der Waals surface area contributed by atoms with Gasteiger partial charge in [-0.05, 0) is 73.7 Å². The fourth-order valence-corrected chi connectivity index (χ4v) is 5.17. The number of anilines is 2. The molecule has 0 aliphatic carbocycles. The van der Waals surface area contributed by atoms with Crippen LogP contribution >= 0.6 is 0 Å². The maximum absolute atomic E-state index is 14.8. The molecule has 1 N–H and O–H groups in total. The Morgan fingerprint density at radius 2 is 1.67 bits per heavy atom. The first-order valence-corrected chi connectivity index (χ1v) is 12.7. The number of alkyl halides is 3. The summed E-state index contributed by atoms with van der Waals surface area (Å²) in [6.07, 6.45) is -3.68. The van der Waals surface area contributed by atoms with Crippen molar-refractivity contribution in [1.82, 2.24) is 4.90 Å². The normalized spacial score (nSPS) is 17.6. The summed E-state index contributed by atoms with van der Waals surface area (Å²) in [4.78, 5) is 30.8. The molecule has 1 saturated heterocycles. The fraction of sp³-hybridized carbons (Fsp3) is 0.333. The summed E-state index contributed by atoms with van der Waals surface area (Å²) in [5.41, 5.74) is 1.27. The van der Waals surface area contributed by atoms with E-state index in [4.69, 9.17) is 0 Å². The maximum Gasteiger partial charge on any atom is 0.416 e. The van der Waals surface area contributed by atoms with Gasteiger partial charge in [0.25, 0.3) is 5.91 Å². The molecule has 0 aromatic heterocycles. The minimum absolute atomic E-state index is 0.0213. The molecule has 0 saturated carbocycles. The molecule has 9 heteroatoms. The van der Waals surface area contributed by atoms with Crippen LogP contribution in [0.4, 0.5) is 28.9 Å². The minimum atomic E-state index is -4.56. The molecule has 206 valence electrons. The zero-order valence-electron chi connectivity index (χ0n) is 22.3. The summed E-state index contributed by atoms with van der Waals surface area (Å²) >= 11 is 0. The van der Waals surface area contributed by atoms with E-state index < -0.39 is 41.3 Å². The molecule has 0 radical (unpaired) electrons. The molecule has 3 aromatic rings. The monoisotopic (exact) mass is 541 g/mol. The number of piperidine rings is 1. The van der Waals surface area contributed by atoms with Crippen LogP contribution in [0.2, 0.25) is 0 Å². The van der Waals surface area contributed by atoms with Gasteiger partial charge in [0.2, 0.25) is 5.91 Å². The Labute approximate surface area is 225 Å². The molecule has 0 bridgehead atoms. The molecule has 1 aliphatic rings. The number of nitrogens with one attached hydrogen (secondary N) is 1. The number of carbonyl (C=O) groups excluding carboxylic acids is 2. The van der Waals surface area contributed by atoms with E-state index in [2.05, 4.69) is 5.32 Å². The largest absolute Gasteiger partial charge is 0.416 e. The van der Waals surface area contributed by atoms with Crippen molar-refractivity contribution in [2.75, 3.05) is 30.9 Å². The number of amides is 2. The van der Waals surface area contributed by atoms with Crippen molar-refractivity contribution in [3.05, 3.63) is 94.3 Å². The first-order chi connectivity index (χ1) is 18.4. The van der Waals surface area contributed by atoms with Crippen LogP contribution < -0.4 is 10.2 Å². The molecule has 1 unspecified atom stereocenters. The van der Waals surface area contributed by atoms with E-state index in [0.717, 1.165) is 11.8 Å². The Morgan fingerprint density at radius 3 is 2.28 bits per heavy atom. The highest BCUT2D eigenvalue weighted by Gasteiger charge is 2.41. The number of likely N-dealkylation sites (tertiary alicyclic amines) is 1. The van der Waals surface area contributed by atoms with Crippen molar-refractivity contribution >= 4 is 23.2 Å². The molecule has 3 aromatic carbocycles. The number of carbonyl (C=O) groups is 2. The SMILES string of the molecule is Cc1ccc(NC(=O)C2CCCN(C(=O)c3c(C)cccc3F)[C@H]2c2ccc(N(C)C)cc2)cc1C(F)(F)F. The van der Waals surface area contributed by atoms with Crippen molar-refractivity contribution in [2.45, 2.75) is 38.9 Å². The molecular formula is C30H31F4N3O2. The summed E-state index contributed by atoms with van der Waals surface area (Å²) in [6.45, 7) is 3.32. The number of nitrogens with zero attached hydrogens (tertiary/aromatic N) is 2. The van der Waals surface area contributed by atoms with Crippen molar-refractivity contribution in [1.29, 1.82) is 0 Å². The highest BCUT2D eigenvalue weighted by atomic mass is 19.4. The lowest BCUT2D eigenvalue weighted by Gasteiger charge is -2.41. The Kier molecular flexibility index (Phi) is 7.99. The summed E-state index contributed by atoms with van der Waals surface area (Å²) in [7, 11) is 3.78. The van der Waals surface area contributed by atoms with Gasteiger partial charge in [0.15, 0.2) is 0 Å². The second kappa shape index (κ2) is 11.1. The molecular weight excluding hydrogens is 510 g/mol. The predicted octanol–water partition coefficient (Wildman–Crippen LogP) is 6.76. The molecule has 0 spiro atoms. The van der Waals surface area contributed by atoms with Gasteiger partial charge in [0, 0.05) is 32.0 Å². The van der Waals surface area contributed by atoms with E-state index in [9.17, 15) is 27.2 Å². The Hall–Kier alpha value is -3.88. The third-order valence-electron chi connectivity index (χ3n) is 7.23. The van der Waals surface area contributed by atoms with Crippen molar-refractivity contribution in [3.63, 3.8) is 0 Å². The first kappa shape index (κ1) is 28.1. The summed E-state index contributed by atoms with van der Waals surface area (Å²) in [5.74, 6) is -2.45. The van der Waals surface area contributed by atoms with Crippen LogP contribution in [-0.2, 0) is 11.0 Å². The molecule has 2 amide bonds. The average Bonchev–Trinajstić information content (AvgIpc) is 2.88. The molecule has 1 heterocycles. The number of benzene rings is 3. The Balaban J connectivity index is 1.73. The maximum atomic E-state index is 14.8. The topological polar surface area (TPSA) is 52.7 Å². The first-order valence-electron chi connectivity index (χ1n) is 12.7. The Morgan fingerprint density at radius 1 is 0.974 bits per heavy atom. The highest BCUT2D eigenvalue weighted by Crippen LogP contribution is 2.39. The number of hydrogen-bond donors (Lipinski definition) is 1. The standard InChI is InChI=1S/C30H31F4N3O2/c1-18-10-13-21(17-24(18)30(32,33)34)35-28(38)23-8-6-16-37(29(39)26-19(2)7-5-9-25(26)31)27(23)20-11-14-22(15-12-20)36(3)4/h5,7,9-15,17,23,27H,6,8,16H2,1-4H3,(H,35,38)/t23?,27-/m0/s1. The van der Waals surface area contributed by atoms with E-state index in [-0.39, 0.29) is 16.8 Å². The summed E-state index contributed by atoms with van der Waals surface area (Å²) in [5, 5.41) is 2.64. The van der Waals surface area contributed by atoms with Gasteiger partial charge in [0.1, 0.15) is 5.82 Å². The van der Waals surface area contributed by atoms with Crippen LogP contribution in [0.1, 0.15) is 51.5 Å². The van der Waals surface area contributed by atoms with Crippen LogP contribution in [0.15, 0.2) is 60.7 Å². The predicted molar refractivity (Wildman–Crippen MR) is 143 cm³/mol. The number of hydrogen-bond acceptors (Lipinski definition) is 3. The molecule has 1 fully saturated rings. The van der Waals surface area contributed by atoms with Gasteiger partial charge in [-0.2, -0.15) is 13.2 Å². The molecule has 2 atom stereocenters. The smallest absolute Gasteiger partial charge is 0.378 e. The highest BCUT2D eigenvalue weighted by molar-refractivity contribution is 5.98. The van der Waals surface area contributed by atoms with Crippen LogP contribution in [0.3, 0.4) is 0 Å². The van der Waals surface area contributed by atoms with E-state index >= 15 is 0 Å². The van der Waals surface area contributed by atoms with Crippen LogP contribution in [0, 0.1) is 25.6 Å². The second-order valence-electron chi connectivity index (χ2n) is 10.1. The van der Waals surface area contributed by atoms with Gasteiger partial charge < -0.3 is 15.1 Å². The molecule has 1 aliphatic heterocycles. The Bertz CT molecular complexity index is 1350. The van der Waals surface area contributed by atoms with Crippen molar-refractivity contribution in [3.8, 4) is 0 Å². The van der Waals surface area contributed by atoms with E-state index in [1.165, 1.54) is 36.1 Å². The van der Waals surface area contributed by atoms with E-state index in [1.807, 2.05) is 43.3 Å². The third-order valence-corrected chi connectivity index (χ3v) is 7.23. The van der Waals surface area contributed by atoms with Crippen LogP contribution in [-0.4, -0.2) is 37.4 Å². The van der Waals surface area contributed by atoms with Crippen LogP contribution in [0.25, 0.3) is 0 Å². The lowest BCUT2D eigenvalue weighted by atomic mass is 9.83. The van der Waals surface area contributed by atoms with Crippen LogP contribution in [0.5, 0.6) is 0 Å². The van der Waals surface area contributed by atoms with Gasteiger partial charge >= 0.3 is 6.18 Å². The fourth-order valence-electron chi connectivity index (χ4n) is 5.17. The summed E-state index contributed by atoms with van der Waals surface area (Å²) < 4.78 is 55.2. The van der Waals surface area contributed by atoms with E-state index in [1.54, 1.807) is 13.0 Å². The van der Waals surface area contributed by atoms with Gasteiger partial charge in [-0.3, -0.25) is 9.59 Å². The third kappa shape index (κ3) is 5.92. The minimum Gasteiger partial charge on any atom is -0.378 e. The molecule has 5 nitrogen and oxygen atoms in total. The zero-order chi connectivity index (χ0) is 28.5. The summed E-state index contributed by atoms with van der Waals surface area (Å²) in [6, 6.07) is 14.7. The number of rotatable bonds is 5. The second-order valence-corrected chi connectivity index (χ2v) is 10.1. The molecule has 39 heavy (non-hydrogen) atoms. The lowest BCUT2D eigenvalue weighted by molar-refractivity contribution is -0.138. The van der Waals surface area contributed by atoms with Crippen molar-refractivity contribution in [2.24, 2.45) is 5.92 Å². The van der Waals surface area contributed by atoms with Gasteiger partial charge in [-0.25, -0.2) is 4.39 Å². The number of aryl methyl sites for hydroxylation is 2. The zero-order valence-corrected chi connectivity index (χ0v) is 22.3. The van der Waals surface area contributed by atoms with E-state index in [0.29, 0.717) is 30.5 Å². The van der Waals surface area contributed by atoms with Gasteiger partial charge in [0.05, 0.1) is 23.1 Å². The lowest BCUT2D eigenvalue weighted by Crippen LogP contribution is -2.46. The van der Waals surface area contributed by atoms with Crippen molar-refractivity contribution < 1.29 is 27.2 Å².